The van der Waals surface area contributed by atoms with Crippen molar-refractivity contribution in [3.8, 4) is 0 Å². The highest BCUT2D eigenvalue weighted by Crippen LogP contribution is 2.17. The van der Waals surface area contributed by atoms with Crippen LogP contribution in [0, 0.1) is 19.3 Å². The van der Waals surface area contributed by atoms with E-state index in [9.17, 15) is 9.59 Å². The molecule has 0 unspecified atom stereocenters. The SMILES string of the molecule is Cc1ccc(C(=O)NCC(=O)NCC(C)(C)CCO)cc1C. The Morgan fingerprint density at radius 3 is 2.41 bits per heavy atom. The predicted octanol–water partition coefficient (Wildman–Crippen LogP) is 1.56. The summed E-state index contributed by atoms with van der Waals surface area (Å²) in [4.78, 5) is 23.8. The van der Waals surface area contributed by atoms with Crippen molar-refractivity contribution in [1.82, 2.24) is 10.6 Å². The Hall–Kier alpha value is -1.88. The normalized spacial score (nSPS) is 11.1. The van der Waals surface area contributed by atoms with Crippen LogP contribution in [0.4, 0.5) is 0 Å². The monoisotopic (exact) mass is 306 g/mol. The summed E-state index contributed by atoms with van der Waals surface area (Å²) in [6.07, 6.45) is 0.613. The molecule has 122 valence electrons. The van der Waals surface area contributed by atoms with Gasteiger partial charge in [-0.1, -0.05) is 19.9 Å². The van der Waals surface area contributed by atoms with Crippen LogP contribution in [-0.2, 0) is 4.79 Å². The van der Waals surface area contributed by atoms with Crippen molar-refractivity contribution >= 4 is 11.8 Å². The largest absolute Gasteiger partial charge is 0.396 e. The Balaban J connectivity index is 2.43. The molecular formula is C17H26N2O3. The molecule has 1 aromatic rings. The highest BCUT2D eigenvalue weighted by molar-refractivity contribution is 5.96. The van der Waals surface area contributed by atoms with Crippen LogP contribution in [0.5, 0.6) is 0 Å². The smallest absolute Gasteiger partial charge is 0.251 e. The van der Waals surface area contributed by atoms with Crippen molar-refractivity contribution < 1.29 is 14.7 Å². The molecule has 0 aliphatic heterocycles. The molecule has 0 fully saturated rings. The number of hydrogen-bond donors (Lipinski definition) is 3. The number of amides is 2. The first-order valence-corrected chi connectivity index (χ1v) is 7.48. The van der Waals surface area contributed by atoms with Gasteiger partial charge in [0.1, 0.15) is 0 Å². The van der Waals surface area contributed by atoms with Crippen LogP contribution in [0.1, 0.15) is 41.8 Å². The summed E-state index contributed by atoms with van der Waals surface area (Å²) in [7, 11) is 0. The standard InChI is InChI=1S/C17H26N2O3/c1-12-5-6-14(9-13(12)2)16(22)18-10-15(21)19-11-17(3,4)7-8-20/h5-6,9,20H,7-8,10-11H2,1-4H3,(H,18,22)(H,19,21). The Morgan fingerprint density at radius 1 is 1.14 bits per heavy atom. The summed E-state index contributed by atoms with van der Waals surface area (Å²) in [6.45, 7) is 8.37. The summed E-state index contributed by atoms with van der Waals surface area (Å²) in [5.74, 6) is -0.490. The van der Waals surface area contributed by atoms with Gasteiger partial charge in [0.25, 0.3) is 5.91 Å². The molecule has 0 saturated heterocycles. The lowest BCUT2D eigenvalue weighted by Crippen LogP contribution is -2.41. The molecule has 0 aromatic heterocycles. The van der Waals surface area contributed by atoms with Crippen LogP contribution in [0.3, 0.4) is 0 Å². The minimum absolute atomic E-state index is 0.0546. The molecule has 0 atom stereocenters. The first-order chi connectivity index (χ1) is 10.2. The summed E-state index contributed by atoms with van der Waals surface area (Å²) >= 11 is 0. The third-order valence-electron chi connectivity index (χ3n) is 3.73. The van der Waals surface area contributed by atoms with Gasteiger partial charge in [-0.05, 0) is 48.9 Å². The van der Waals surface area contributed by atoms with E-state index in [2.05, 4.69) is 10.6 Å². The van der Waals surface area contributed by atoms with Crippen molar-refractivity contribution in [2.24, 2.45) is 5.41 Å². The maximum atomic E-state index is 12.0. The van der Waals surface area contributed by atoms with Gasteiger partial charge in [0.05, 0.1) is 6.54 Å². The molecular weight excluding hydrogens is 280 g/mol. The maximum absolute atomic E-state index is 12.0. The van der Waals surface area contributed by atoms with E-state index in [1.165, 1.54) is 0 Å². The van der Waals surface area contributed by atoms with Gasteiger partial charge in [0.15, 0.2) is 0 Å². The highest BCUT2D eigenvalue weighted by Gasteiger charge is 2.18. The van der Waals surface area contributed by atoms with Gasteiger partial charge in [-0.25, -0.2) is 0 Å². The minimum atomic E-state index is -0.257. The average Bonchev–Trinajstić information content (AvgIpc) is 2.45. The molecule has 5 nitrogen and oxygen atoms in total. The summed E-state index contributed by atoms with van der Waals surface area (Å²) < 4.78 is 0. The fourth-order valence-electron chi connectivity index (χ4n) is 1.94. The molecule has 0 heterocycles. The van der Waals surface area contributed by atoms with Gasteiger partial charge in [-0.15, -0.1) is 0 Å². The quantitative estimate of drug-likeness (QED) is 0.715. The lowest BCUT2D eigenvalue weighted by atomic mass is 9.90. The number of aliphatic hydroxyl groups is 1. The zero-order valence-corrected chi connectivity index (χ0v) is 13.8. The van der Waals surface area contributed by atoms with Gasteiger partial charge in [0, 0.05) is 18.7 Å². The number of carbonyl (C=O) groups is 2. The Bertz CT molecular complexity index is 539. The topological polar surface area (TPSA) is 78.4 Å². The van der Waals surface area contributed by atoms with Crippen molar-refractivity contribution in [1.29, 1.82) is 0 Å². The molecule has 0 saturated carbocycles. The van der Waals surface area contributed by atoms with E-state index < -0.39 is 0 Å². The van der Waals surface area contributed by atoms with Crippen molar-refractivity contribution in [3.05, 3.63) is 34.9 Å². The van der Waals surface area contributed by atoms with E-state index in [4.69, 9.17) is 5.11 Å². The van der Waals surface area contributed by atoms with E-state index in [0.29, 0.717) is 18.5 Å². The van der Waals surface area contributed by atoms with Crippen LogP contribution in [-0.4, -0.2) is 36.6 Å². The second kappa shape index (κ2) is 7.94. The van der Waals surface area contributed by atoms with E-state index in [0.717, 1.165) is 11.1 Å². The van der Waals surface area contributed by atoms with Crippen molar-refractivity contribution in [3.63, 3.8) is 0 Å². The molecule has 22 heavy (non-hydrogen) atoms. The molecule has 1 aromatic carbocycles. The Morgan fingerprint density at radius 2 is 1.82 bits per heavy atom. The zero-order chi connectivity index (χ0) is 16.8. The number of rotatable bonds is 7. The first kappa shape index (κ1) is 18.2. The van der Waals surface area contributed by atoms with Crippen LogP contribution in [0.2, 0.25) is 0 Å². The minimum Gasteiger partial charge on any atom is -0.396 e. The van der Waals surface area contributed by atoms with E-state index in [-0.39, 0.29) is 30.4 Å². The van der Waals surface area contributed by atoms with Gasteiger partial charge in [-0.3, -0.25) is 9.59 Å². The Kier molecular flexibility index (Phi) is 6.56. The van der Waals surface area contributed by atoms with Crippen LogP contribution >= 0.6 is 0 Å². The van der Waals surface area contributed by atoms with E-state index >= 15 is 0 Å². The molecule has 5 heteroatoms. The number of benzene rings is 1. The number of nitrogens with one attached hydrogen (secondary N) is 2. The second-order valence-electron chi connectivity index (χ2n) is 6.40. The van der Waals surface area contributed by atoms with Gasteiger partial charge in [-0.2, -0.15) is 0 Å². The molecule has 1 rings (SSSR count). The molecule has 0 spiro atoms. The van der Waals surface area contributed by atoms with E-state index in [1.54, 1.807) is 6.07 Å². The van der Waals surface area contributed by atoms with Gasteiger partial charge in [0.2, 0.25) is 5.91 Å². The number of aliphatic hydroxyl groups excluding tert-OH is 1. The molecule has 2 amide bonds. The number of aryl methyl sites for hydroxylation is 2. The third-order valence-corrected chi connectivity index (χ3v) is 3.73. The molecule has 0 bridgehead atoms. The average molecular weight is 306 g/mol. The zero-order valence-electron chi connectivity index (χ0n) is 13.8. The molecule has 3 N–H and O–H groups in total. The second-order valence-corrected chi connectivity index (χ2v) is 6.40. The van der Waals surface area contributed by atoms with E-state index in [1.807, 2.05) is 39.8 Å². The fraction of sp³-hybridized carbons (Fsp3) is 0.529. The number of hydrogen-bond acceptors (Lipinski definition) is 3. The number of carbonyl (C=O) groups excluding carboxylic acids is 2. The summed E-state index contributed by atoms with van der Waals surface area (Å²) in [5, 5.41) is 14.3. The molecule has 0 aliphatic carbocycles. The molecule has 0 radical (unpaired) electrons. The first-order valence-electron chi connectivity index (χ1n) is 7.48. The van der Waals surface area contributed by atoms with Crippen LogP contribution < -0.4 is 10.6 Å². The van der Waals surface area contributed by atoms with Crippen molar-refractivity contribution in [2.45, 2.75) is 34.1 Å². The fourth-order valence-corrected chi connectivity index (χ4v) is 1.94. The van der Waals surface area contributed by atoms with Gasteiger partial charge >= 0.3 is 0 Å². The molecule has 0 aliphatic rings. The lowest BCUT2D eigenvalue weighted by Gasteiger charge is -2.23. The van der Waals surface area contributed by atoms with Crippen LogP contribution in [0.25, 0.3) is 0 Å². The highest BCUT2D eigenvalue weighted by atomic mass is 16.3. The summed E-state index contributed by atoms with van der Waals surface area (Å²) in [6, 6.07) is 5.45. The third kappa shape index (κ3) is 5.85. The van der Waals surface area contributed by atoms with Crippen molar-refractivity contribution in [2.75, 3.05) is 19.7 Å². The van der Waals surface area contributed by atoms with Crippen LogP contribution in [0.15, 0.2) is 18.2 Å². The summed E-state index contributed by atoms with van der Waals surface area (Å²) in [5.41, 5.74) is 2.56. The predicted molar refractivity (Wildman–Crippen MR) is 86.7 cm³/mol. The maximum Gasteiger partial charge on any atom is 0.251 e. The van der Waals surface area contributed by atoms with Gasteiger partial charge < -0.3 is 15.7 Å². The lowest BCUT2D eigenvalue weighted by molar-refractivity contribution is -0.120. The Labute approximate surface area is 132 Å².